The second-order valence-electron chi connectivity index (χ2n) is 3.83. The van der Waals surface area contributed by atoms with Gasteiger partial charge in [-0.1, -0.05) is 17.7 Å². The van der Waals surface area contributed by atoms with Crippen molar-refractivity contribution >= 4 is 17.6 Å². The topological polar surface area (TPSA) is 83.5 Å². The van der Waals surface area contributed by atoms with Gasteiger partial charge in [0.15, 0.2) is 0 Å². The van der Waals surface area contributed by atoms with Crippen molar-refractivity contribution in [2.24, 2.45) is 0 Å². The molecule has 1 aromatic rings. The van der Waals surface area contributed by atoms with Crippen molar-refractivity contribution < 1.29 is 19.8 Å². The largest absolute Gasteiger partial charge is 0.548 e. The van der Waals surface area contributed by atoms with Crippen LogP contribution in [0.25, 0.3) is 0 Å². The third-order valence-corrected chi connectivity index (χ3v) is 2.47. The molecule has 1 rings (SSSR count). The first-order valence-corrected chi connectivity index (χ1v) is 5.16. The van der Waals surface area contributed by atoms with E-state index in [0.717, 1.165) is 5.56 Å². The molecule has 0 amide bonds. The van der Waals surface area contributed by atoms with E-state index in [4.69, 9.17) is 0 Å². The van der Waals surface area contributed by atoms with Gasteiger partial charge in [0.1, 0.15) is 0 Å². The van der Waals surface area contributed by atoms with Gasteiger partial charge in [-0.25, -0.2) is 0 Å². The van der Waals surface area contributed by atoms with Crippen LogP contribution in [-0.2, 0) is 9.59 Å². The number of nitrogens with zero attached hydrogens (tertiary/aromatic N) is 1. The number of benzene rings is 1. The average molecular weight is 235 g/mol. The molecule has 0 fully saturated rings. The van der Waals surface area contributed by atoms with Gasteiger partial charge in [-0.2, -0.15) is 0 Å². The van der Waals surface area contributed by atoms with E-state index in [2.05, 4.69) is 0 Å². The van der Waals surface area contributed by atoms with Gasteiger partial charge in [0, 0.05) is 5.69 Å². The molecular weight excluding hydrogens is 222 g/mol. The summed E-state index contributed by atoms with van der Waals surface area (Å²) in [6.07, 6.45) is 0. The summed E-state index contributed by atoms with van der Waals surface area (Å²) < 4.78 is 0. The van der Waals surface area contributed by atoms with Gasteiger partial charge in [-0.05, 0) is 26.0 Å². The second kappa shape index (κ2) is 5.34. The molecule has 0 radical (unpaired) electrons. The Bertz CT molecular complexity index is 413. The molecule has 0 aromatic heterocycles. The highest BCUT2D eigenvalue weighted by molar-refractivity contribution is 5.80. The van der Waals surface area contributed by atoms with Crippen LogP contribution in [0.2, 0.25) is 0 Å². The first-order valence-electron chi connectivity index (χ1n) is 5.16. The summed E-state index contributed by atoms with van der Waals surface area (Å²) in [5, 5.41) is 21.4. The molecule has 0 heterocycles. The van der Waals surface area contributed by atoms with Crippen molar-refractivity contribution in [2.45, 2.75) is 19.9 Å². The number of hydrogen-bond acceptors (Lipinski definition) is 5. The molecule has 0 saturated heterocycles. The summed E-state index contributed by atoms with van der Waals surface area (Å²) in [7, 11) is 0. The van der Waals surface area contributed by atoms with Crippen molar-refractivity contribution in [2.75, 3.05) is 11.4 Å². The Kier molecular flexibility index (Phi) is 4.09. The van der Waals surface area contributed by atoms with Gasteiger partial charge in [0.2, 0.25) is 0 Å². The Labute approximate surface area is 99.3 Å². The second-order valence-corrected chi connectivity index (χ2v) is 3.83. The van der Waals surface area contributed by atoms with Crippen LogP contribution in [0.4, 0.5) is 5.69 Å². The zero-order valence-electron chi connectivity index (χ0n) is 9.67. The monoisotopic (exact) mass is 235 g/mol. The van der Waals surface area contributed by atoms with Crippen LogP contribution in [-0.4, -0.2) is 24.5 Å². The van der Waals surface area contributed by atoms with Crippen LogP contribution in [0, 0.1) is 6.92 Å². The first kappa shape index (κ1) is 13.0. The third kappa shape index (κ3) is 3.48. The normalized spacial score (nSPS) is 11.9. The minimum Gasteiger partial charge on any atom is -0.548 e. The summed E-state index contributed by atoms with van der Waals surface area (Å²) in [4.78, 5) is 22.6. The van der Waals surface area contributed by atoms with Crippen molar-refractivity contribution in [3.8, 4) is 0 Å². The lowest BCUT2D eigenvalue weighted by Crippen LogP contribution is -2.50. The van der Waals surface area contributed by atoms with E-state index in [1.165, 1.54) is 11.8 Å². The SMILES string of the molecule is Cc1ccc(N(CC(=O)[O-])C(C)C(=O)[O-])cc1. The highest BCUT2D eigenvalue weighted by Gasteiger charge is 2.15. The fraction of sp³-hybridized carbons (Fsp3) is 0.333. The maximum absolute atomic E-state index is 10.8. The van der Waals surface area contributed by atoms with Crippen molar-refractivity contribution in [1.82, 2.24) is 0 Å². The minimum absolute atomic E-state index is 0.488. The average Bonchev–Trinajstić information content (AvgIpc) is 2.26. The van der Waals surface area contributed by atoms with Crippen LogP contribution in [0.15, 0.2) is 24.3 Å². The molecule has 0 aliphatic rings. The lowest BCUT2D eigenvalue weighted by molar-refractivity contribution is -0.307. The van der Waals surface area contributed by atoms with Gasteiger partial charge >= 0.3 is 0 Å². The van der Waals surface area contributed by atoms with Gasteiger partial charge in [0.05, 0.1) is 24.5 Å². The van der Waals surface area contributed by atoms with E-state index in [-0.39, 0.29) is 0 Å². The number of carboxylic acid groups (broad SMARTS) is 2. The Balaban J connectivity index is 3.01. The molecule has 1 unspecified atom stereocenters. The number of carboxylic acids is 2. The van der Waals surface area contributed by atoms with Gasteiger partial charge in [-0.3, -0.25) is 0 Å². The van der Waals surface area contributed by atoms with Crippen molar-refractivity contribution in [1.29, 1.82) is 0 Å². The van der Waals surface area contributed by atoms with E-state index in [0.29, 0.717) is 5.69 Å². The highest BCUT2D eigenvalue weighted by atomic mass is 16.4. The molecule has 0 N–H and O–H groups in total. The number of carbonyl (C=O) groups excluding carboxylic acids is 2. The Morgan fingerprint density at radius 1 is 1.24 bits per heavy atom. The number of aliphatic carboxylic acids is 2. The fourth-order valence-corrected chi connectivity index (χ4v) is 1.45. The number of carbonyl (C=O) groups is 2. The molecule has 0 spiro atoms. The number of hydrogen-bond donors (Lipinski definition) is 0. The summed E-state index contributed by atoms with van der Waals surface area (Å²) in [6.45, 7) is 2.77. The third-order valence-electron chi connectivity index (χ3n) is 2.47. The van der Waals surface area contributed by atoms with Crippen LogP contribution in [0.5, 0.6) is 0 Å². The van der Waals surface area contributed by atoms with E-state index < -0.39 is 24.5 Å². The highest BCUT2D eigenvalue weighted by Crippen LogP contribution is 2.17. The molecule has 0 saturated carbocycles. The quantitative estimate of drug-likeness (QED) is 0.632. The number of rotatable bonds is 5. The van der Waals surface area contributed by atoms with E-state index in [1.807, 2.05) is 6.92 Å². The minimum atomic E-state index is -1.33. The lowest BCUT2D eigenvalue weighted by atomic mass is 10.2. The molecule has 92 valence electrons. The van der Waals surface area contributed by atoms with Gasteiger partial charge in [-0.15, -0.1) is 0 Å². The van der Waals surface area contributed by atoms with E-state index in [1.54, 1.807) is 24.3 Å². The summed E-state index contributed by atoms with van der Waals surface area (Å²) >= 11 is 0. The molecule has 17 heavy (non-hydrogen) atoms. The van der Waals surface area contributed by atoms with E-state index in [9.17, 15) is 19.8 Å². The summed E-state index contributed by atoms with van der Waals surface area (Å²) in [6, 6.07) is 5.85. The van der Waals surface area contributed by atoms with Crippen LogP contribution in [0.3, 0.4) is 0 Å². The summed E-state index contributed by atoms with van der Waals surface area (Å²) in [5.74, 6) is -2.66. The molecule has 5 nitrogen and oxygen atoms in total. The summed E-state index contributed by atoms with van der Waals surface area (Å²) in [5.41, 5.74) is 1.51. The number of anilines is 1. The predicted molar refractivity (Wildman–Crippen MR) is 58.0 cm³/mol. The maximum atomic E-state index is 10.8. The standard InChI is InChI=1S/C12H15NO4/c1-8-3-5-10(6-4-8)13(7-11(14)15)9(2)12(16)17/h3-6,9H,7H2,1-2H3,(H,14,15)(H,16,17)/p-2. The van der Waals surface area contributed by atoms with Crippen LogP contribution in [0.1, 0.15) is 12.5 Å². The van der Waals surface area contributed by atoms with Crippen molar-refractivity contribution in [3.63, 3.8) is 0 Å². The van der Waals surface area contributed by atoms with E-state index >= 15 is 0 Å². The Hall–Kier alpha value is -2.04. The lowest BCUT2D eigenvalue weighted by Gasteiger charge is -2.32. The molecule has 5 heteroatoms. The molecular formula is C12H13NO4-2. The zero-order chi connectivity index (χ0) is 13.0. The molecule has 0 bridgehead atoms. The van der Waals surface area contributed by atoms with Crippen LogP contribution >= 0.6 is 0 Å². The molecule has 1 aromatic carbocycles. The molecule has 1 atom stereocenters. The first-order chi connectivity index (χ1) is 7.91. The fourth-order valence-electron chi connectivity index (χ4n) is 1.45. The maximum Gasteiger partial charge on any atom is 0.0663 e. The molecule has 0 aliphatic carbocycles. The Morgan fingerprint density at radius 2 is 1.76 bits per heavy atom. The zero-order valence-corrected chi connectivity index (χ0v) is 9.67. The van der Waals surface area contributed by atoms with Crippen LogP contribution < -0.4 is 15.1 Å². The predicted octanol–water partition coefficient (Wildman–Crippen LogP) is -1.31. The number of aryl methyl sites for hydroxylation is 1. The Morgan fingerprint density at radius 3 is 2.18 bits per heavy atom. The van der Waals surface area contributed by atoms with Crippen molar-refractivity contribution in [3.05, 3.63) is 29.8 Å². The van der Waals surface area contributed by atoms with Gasteiger partial charge < -0.3 is 24.7 Å². The van der Waals surface area contributed by atoms with Gasteiger partial charge in [0.25, 0.3) is 0 Å². The molecule has 0 aliphatic heterocycles. The smallest absolute Gasteiger partial charge is 0.0663 e.